The van der Waals surface area contributed by atoms with E-state index in [0.29, 0.717) is 16.5 Å². The molecule has 0 aliphatic carbocycles. The number of rotatable bonds is 11. The first-order chi connectivity index (χ1) is 18.4. The number of anilines is 1. The summed E-state index contributed by atoms with van der Waals surface area (Å²) in [6.07, 6.45) is 0.337. The van der Waals surface area contributed by atoms with Gasteiger partial charge in [0.05, 0.1) is 10.6 Å². The Balaban J connectivity index is 2.05. The largest absolute Gasteiger partial charge is 0.352 e. The van der Waals surface area contributed by atoms with Crippen molar-refractivity contribution >= 4 is 50.7 Å². The van der Waals surface area contributed by atoms with Crippen LogP contribution in [-0.2, 0) is 26.2 Å². The van der Waals surface area contributed by atoms with Gasteiger partial charge >= 0.3 is 0 Å². The van der Waals surface area contributed by atoms with Crippen molar-refractivity contribution in [2.75, 3.05) is 10.8 Å². The Bertz CT molecular complexity index is 1380. The molecule has 0 saturated carbocycles. The first-order valence-electron chi connectivity index (χ1n) is 12.6. The number of nitrogens with one attached hydrogen (secondary N) is 1. The fraction of sp³-hybridized carbons (Fsp3) is 0.310. The summed E-state index contributed by atoms with van der Waals surface area (Å²) < 4.78 is 28.7. The van der Waals surface area contributed by atoms with E-state index in [-0.39, 0.29) is 29.1 Å². The van der Waals surface area contributed by atoms with Gasteiger partial charge in [0, 0.05) is 22.6 Å². The lowest BCUT2D eigenvalue weighted by Crippen LogP contribution is -2.53. The molecular weight excluding hydrogens is 557 g/mol. The number of benzene rings is 3. The highest BCUT2D eigenvalue weighted by molar-refractivity contribution is 7.92. The Morgan fingerprint density at radius 3 is 1.92 bits per heavy atom. The Morgan fingerprint density at radius 1 is 0.872 bits per heavy atom. The van der Waals surface area contributed by atoms with Crippen LogP contribution in [0.2, 0.25) is 10.0 Å². The van der Waals surface area contributed by atoms with Gasteiger partial charge in [0.2, 0.25) is 11.8 Å². The van der Waals surface area contributed by atoms with Crippen molar-refractivity contribution in [3.05, 3.63) is 94.0 Å². The van der Waals surface area contributed by atoms with E-state index in [9.17, 15) is 18.0 Å². The van der Waals surface area contributed by atoms with Crippen molar-refractivity contribution in [1.29, 1.82) is 0 Å². The van der Waals surface area contributed by atoms with Gasteiger partial charge in [0.1, 0.15) is 12.6 Å². The van der Waals surface area contributed by atoms with E-state index >= 15 is 0 Å². The van der Waals surface area contributed by atoms with E-state index in [1.54, 1.807) is 60.7 Å². The molecule has 0 bridgehead atoms. The van der Waals surface area contributed by atoms with Crippen molar-refractivity contribution in [2.24, 2.45) is 0 Å². The fourth-order valence-corrected chi connectivity index (χ4v) is 5.73. The van der Waals surface area contributed by atoms with Crippen LogP contribution in [-0.4, -0.2) is 43.8 Å². The molecule has 0 unspecified atom stereocenters. The zero-order chi connectivity index (χ0) is 28.7. The molecule has 1 N–H and O–H groups in total. The highest BCUT2D eigenvalue weighted by Gasteiger charge is 2.33. The van der Waals surface area contributed by atoms with Gasteiger partial charge < -0.3 is 10.2 Å². The molecule has 7 nitrogen and oxygen atoms in total. The minimum atomic E-state index is -4.14. The van der Waals surface area contributed by atoms with Crippen LogP contribution in [0.1, 0.15) is 38.3 Å². The predicted octanol–water partition coefficient (Wildman–Crippen LogP) is 5.83. The van der Waals surface area contributed by atoms with Crippen LogP contribution in [0.5, 0.6) is 0 Å². The van der Waals surface area contributed by atoms with Crippen molar-refractivity contribution < 1.29 is 18.0 Å². The molecule has 39 heavy (non-hydrogen) atoms. The van der Waals surface area contributed by atoms with Crippen LogP contribution in [0.15, 0.2) is 77.7 Å². The van der Waals surface area contributed by atoms with Crippen LogP contribution in [0.25, 0.3) is 0 Å². The van der Waals surface area contributed by atoms with Gasteiger partial charge in [-0.1, -0.05) is 60.0 Å². The fourth-order valence-electron chi connectivity index (χ4n) is 4.06. The van der Waals surface area contributed by atoms with E-state index in [4.69, 9.17) is 23.2 Å². The second-order valence-electron chi connectivity index (χ2n) is 9.54. The van der Waals surface area contributed by atoms with Gasteiger partial charge in [-0.2, -0.15) is 0 Å². The molecule has 0 radical (unpaired) electrons. The molecule has 2 amide bonds. The summed E-state index contributed by atoms with van der Waals surface area (Å²) in [5, 5.41) is 3.85. The third-order valence-electron chi connectivity index (χ3n) is 6.09. The number of nitrogens with zero attached hydrogens (tertiary/aromatic N) is 2. The molecule has 1 atom stereocenters. The maximum atomic E-state index is 14.0. The monoisotopic (exact) mass is 589 g/mol. The molecule has 3 aromatic carbocycles. The van der Waals surface area contributed by atoms with Crippen LogP contribution < -0.4 is 9.62 Å². The highest BCUT2D eigenvalue weighted by Crippen LogP contribution is 2.26. The smallest absolute Gasteiger partial charge is 0.264 e. The average molecular weight is 591 g/mol. The molecule has 208 valence electrons. The van der Waals surface area contributed by atoms with E-state index in [2.05, 4.69) is 5.32 Å². The third-order valence-corrected chi connectivity index (χ3v) is 8.38. The second kappa shape index (κ2) is 13.3. The Hall–Kier alpha value is -3.07. The number of amides is 2. The van der Waals surface area contributed by atoms with E-state index < -0.39 is 28.5 Å². The van der Waals surface area contributed by atoms with Gasteiger partial charge in [-0.3, -0.25) is 13.9 Å². The van der Waals surface area contributed by atoms with Crippen molar-refractivity contribution in [1.82, 2.24) is 10.2 Å². The van der Waals surface area contributed by atoms with Gasteiger partial charge in [0.15, 0.2) is 0 Å². The van der Waals surface area contributed by atoms with Crippen molar-refractivity contribution in [3.8, 4) is 0 Å². The first-order valence-corrected chi connectivity index (χ1v) is 14.8. The summed E-state index contributed by atoms with van der Waals surface area (Å²) in [5.41, 5.74) is 1.93. The summed E-state index contributed by atoms with van der Waals surface area (Å²) >= 11 is 12.1. The molecule has 0 heterocycles. The molecule has 0 spiro atoms. The lowest BCUT2D eigenvalue weighted by Gasteiger charge is -2.33. The summed E-state index contributed by atoms with van der Waals surface area (Å²) in [6.45, 7) is 6.93. The average Bonchev–Trinajstić information content (AvgIpc) is 2.88. The zero-order valence-corrected chi connectivity index (χ0v) is 24.7. The Kier molecular flexibility index (Phi) is 10.4. The summed E-state index contributed by atoms with van der Waals surface area (Å²) in [6, 6.07) is 18.7. The molecule has 0 aliphatic rings. The molecule has 0 fully saturated rings. The number of halogens is 2. The Labute approximate surface area is 240 Å². The van der Waals surface area contributed by atoms with Gasteiger partial charge in [-0.15, -0.1) is 0 Å². The van der Waals surface area contributed by atoms with Crippen LogP contribution in [0, 0.1) is 6.92 Å². The molecule has 3 rings (SSSR count). The first kappa shape index (κ1) is 30.5. The molecule has 3 aromatic rings. The van der Waals surface area contributed by atoms with E-state index in [1.165, 1.54) is 17.0 Å². The SMILES string of the molecule is CC[C@H](C(=O)NC(C)C)N(Cc1ccc(Cl)cc1)C(=O)CN(c1ccc(Cl)cc1)S(=O)(=O)c1ccc(C)cc1. The molecule has 0 aromatic heterocycles. The number of hydrogen-bond acceptors (Lipinski definition) is 4. The van der Waals surface area contributed by atoms with Gasteiger partial charge in [-0.05, 0) is 81.3 Å². The summed E-state index contributed by atoms with van der Waals surface area (Å²) in [4.78, 5) is 28.6. The lowest BCUT2D eigenvalue weighted by molar-refractivity contribution is -0.140. The topological polar surface area (TPSA) is 86.8 Å². The quantitative estimate of drug-likeness (QED) is 0.305. The van der Waals surface area contributed by atoms with Crippen molar-refractivity contribution in [3.63, 3.8) is 0 Å². The molecule has 10 heteroatoms. The minimum Gasteiger partial charge on any atom is -0.352 e. The number of carbonyl (C=O) groups is 2. The highest BCUT2D eigenvalue weighted by atomic mass is 35.5. The molecule has 0 saturated heterocycles. The normalized spacial score (nSPS) is 12.2. The summed E-state index contributed by atoms with van der Waals surface area (Å²) in [5.74, 6) is -0.837. The predicted molar refractivity (Wildman–Crippen MR) is 157 cm³/mol. The number of aryl methyl sites for hydroxylation is 1. The Morgan fingerprint density at radius 2 is 1.41 bits per heavy atom. The number of sulfonamides is 1. The van der Waals surface area contributed by atoms with Crippen molar-refractivity contribution in [2.45, 2.75) is 57.6 Å². The minimum absolute atomic E-state index is 0.0460. The maximum absolute atomic E-state index is 14.0. The molecule has 0 aliphatic heterocycles. The van der Waals surface area contributed by atoms with Crippen LogP contribution in [0.3, 0.4) is 0 Å². The maximum Gasteiger partial charge on any atom is 0.264 e. The second-order valence-corrected chi connectivity index (χ2v) is 12.3. The van der Waals surface area contributed by atoms with Crippen LogP contribution in [0.4, 0.5) is 5.69 Å². The van der Waals surface area contributed by atoms with Crippen LogP contribution >= 0.6 is 23.2 Å². The third kappa shape index (κ3) is 7.97. The molecular formula is C29H33Cl2N3O4S. The summed E-state index contributed by atoms with van der Waals surface area (Å²) in [7, 11) is -4.14. The lowest BCUT2D eigenvalue weighted by atomic mass is 10.1. The number of carbonyl (C=O) groups excluding carboxylic acids is 2. The van der Waals surface area contributed by atoms with E-state index in [0.717, 1.165) is 15.4 Å². The van der Waals surface area contributed by atoms with Gasteiger partial charge in [0.25, 0.3) is 10.0 Å². The standard InChI is InChI=1S/C29H33Cl2N3O4S/c1-5-27(29(36)32-20(2)3)33(18-22-8-10-23(30)11-9-22)28(35)19-34(25-14-12-24(31)13-15-25)39(37,38)26-16-6-21(4)7-17-26/h6-17,20,27H,5,18-19H2,1-4H3,(H,32,36)/t27-/m1/s1. The van der Waals surface area contributed by atoms with Gasteiger partial charge in [-0.25, -0.2) is 8.42 Å². The number of hydrogen-bond donors (Lipinski definition) is 1. The van der Waals surface area contributed by atoms with E-state index in [1.807, 2.05) is 27.7 Å². The zero-order valence-electron chi connectivity index (χ0n) is 22.4.